The molecule has 0 radical (unpaired) electrons. The van der Waals surface area contributed by atoms with Crippen LogP contribution in [-0.2, 0) is 13.2 Å². The molecule has 3 aromatic carbocycles. The van der Waals surface area contributed by atoms with Gasteiger partial charge in [0.05, 0.1) is 11.0 Å². The zero-order valence-electron chi connectivity index (χ0n) is 17.1. The van der Waals surface area contributed by atoms with E-state index in [1.165, 1.54) is 0 Å². The fourth-order valence-corrected chi connectivity index (χ4v) is 3.60. The molecule has 31 heavy (non-hydrogen) atoms. The molecule has 0 fully saturated rings. The van der Waals surface area contributed by atoms with Gasteiger partial charge in [0.2, 0.25) is 0 Å². The number of hydrogen-bond acceptors (Lipinski definition) is 3. The minimum atomic E-state index is -0.202. The molecular weight excluding hydrogens is 454 g/mol. The van der Waals surface area contributed by atoms with E-state index < -0.39 is 0 Å². The van der Waals surface area contributed by atoms with Gasteiger partial charge in [-0.15, -0.1) is 0 Å². The van der Waals surface area contributed by atoms with E-state index >= 15 is 0 Å². The lowest BCUT2D eigenvalue weighted by Crippen LogP contribution is -2.13. The maximum atomic E-state index is 12.8. The number of carbonyl (C=O) groups excluding carboxylic acids is 1. The second-order valence-electron chi connectivity index (χ2n) is 7.19. The summed E-state index contributed by atoms with van der Waals surface area (Å²) in [6.07, 6.45) is 0. The van der Waals surface area contributed by atoms with Crippen LogP contribution in [0, 0.1) is 6.92 Å². The van der Waals surface area contributed by atoms with Crippen LogP contribution in [0.2, 0.25) is 0 Å². The summed E-state index contributed by atoms with van der Waals surface area (Å²) in [7, 11) is 0. The van der Waals surface area contributed by atoms with Crippen LogP contribution in [0.15, 0.2) is 89.4 Å². The van der Waals surface area contributed by atoms with Gasteiger partial charge < -0.3 is 10.1 Å². The van der Waals surface area contributed by atoms with Crippen molar-refractivity contribution in [2.24, 2.45) is 0 Å². The molecule has 0 aliphatic rings. The van der Waals surface area contributed by atoms with Crippen LogP contribution in [0.5, 0.6) is 5.75 Å². The van der Waals surface area contributed by atoms with Crippen molar-refractivity contribution < 1.29 is 9.53 Å². The van der Waals surface area contributed by atoms with E-state index in [0.717, 1.165) is 27.0 Å². The number of nitrogens with zero attached hydrogens (tertiary/aromatic N) is 2. The van der Waals surface area contributed by atoms with Gasteiger partial charge in [0.1, 0.15) is 12.4 Å². The lowest BCUT2D eigenvalue weighted by molar-refractivity contribution is 0.102. The van der Waals surface area contributed by atoms with Gasteiger partial charge in [-0.3, -0.25) is 9.48 Å². The van der Waals surface area contributed by atoms with Crippen LogP contribution < -0.4 is 10.1 Å². The molecule has 1 amide bonds. The molecule has 1 N–H and O–H groups in total. The third-order valence-electron chi connectivity index (χ3n) is 4.82. The number of ether oxygens (including phenoxy) is 1. The van der Waals surface area contributed by atoms with E-state index in [1.54, 1.807) is 6.07 Å². The van der Waals surface area contributed by atoms with E-state index in [1.807, 2.05) is 78.3 Å². The number of amides is 1. The predicted molar refractivity (Wildman–Crippen MR) is 125 cm³/mol. The molecule has 0 atom stereocenters. The van der Waals surface area contributed by atoms with Crippen LogP contribution in [0.25, 0.3) is 0 Å². The Morgan fingerprint density at radius 3 is 2.52 bits per heavy atom. The molecule has 0 aliphatic carbocycles. The highest BCUT2D eigenvalue weighted by Gasteiger charge is 2.11. The zero-order chi connectivity index (χ0) is 21.6. The Balaban J connectivity index is 1.41. The first-order valence-corrected chi connectivity index (χ1v) is 10.7. The summed E-state index contributed by atoms with van der Waals surface area (Å²) in [6, 6.07) is 27.1. The zero-order valence-corrected chi connectivity index (χ0v) is 18.7. The van der Waals surface area contributed by atoms with Crippen molar-refractivity contribution in [1.82, 2.24) is 9.78 Å². The van der Waals surface area contributed by atoms with Crippen LogP contribution in [-0.4, -0.2) is 15.7 Å². The maximum Gasteiger partial charge on any atom is 0.256 e. The molecular formula is C25H22BrN3O2. The van der Waals surface area contributed by atoms with E-state index in [-0.39, 0.29) is 5.91 Å². The normalized spacial score (nSPS) is 10.6. The molecule has 0 aliphatic heterocycles. The summed E-state index contributed by atoms with van der Waals surface area (Å²) < 4.78 is 8.63. The van der Waals surface area contributed by atoms with Gasteiger partial charge in [-0.25, -0.2) is 0 Å². The summed E-state index contributed by atoms with van der Waals surface area (Å²) in [5, 5.41) is 7.43. The third-order valence-corrected chi connectivity index (χ3v) is 5.47. The summed E-state index contributed by atoms with van der Waals surface area (Å²) >= 11 is 3.48. The Kier molecular flexibility index (Phi) is 6.48. The first kappa shape index (κ1) is 20.9. The smallest absolute Gasteiger partial charge is 0.256 e. The first-order valence-electron chi connectivity index (χ1n) is 9.94. The lowest BCUT2D eigenvalue weighted by Gasteiger charge is -2.09. The van der Waals surface area contributed by atoms with Crippen molar-refractivity contribution in [3.63, 3.8) is 0 Å². The van der Waals surface area contributed by atoms with Gasteiger partial charge in [0, 0.05) is 17.3 Å². The highest BCUT2D eigenvalue weighted by molar-refractivity contribution is 9.10. The van der Waals surface area contributed by atoms with Gasteiger partial charge in [-0.2, -0.15) is 5.10 Å². The van der Waals surface area contributed by atoms with E-state index in [0.29, 0.717) is 24.5 Å². The number of halogens is 1. The number of carbonyl (C=O) groups is 1. The number of nitrogens with one attached hydrogen (secondary N) is 1. The Morgan fingerprint density at radius 1 is 0.968 bits per heavy atom. The van der Waals surface area contributed by atoms with Gasteiger partial charge >= 0.3 is 0 Å². The topological polar surface area (TPSA) is 56.1 Å². The van der Waals surface area contributed by atoms with E-state index in [4.69, 9.17) is 4.74 Å². The fraction of sp³-hybridized carbons (Fsp3) is 0.120. The molecule has 0 saturated heterocycles. The second kappa shape index (κ2) is 9.62. The molecule has 0 bridgehead atoms. The standard InChI is InChI=1S/C25H22BrN3O2/c1-18-14-24(28-29(18)16-19-8-3-2-4-9-19)27-25(30)21-11-7-10-20(15-21)17-31-23-13-6-5-12-22(23)26/h2-15H,16-17H2,1H3,(H,27,28,30). The minimum Gasteiger partial charge on any atom is -0.488 e. The number of hydrogen-bond donors (Lipinski definition) is 1. The molecule has 1 aromatic heterocycles. The second-order valence-corrected chi connectivity index (χ2v) is 8.04. The highest BCUT2D eigenvalue weighted by atomic mass is 79.9. The average molecular weight is 476 g/mol. The van der Waals surface area contributed by atoms with Gasteiger partial charge in [0.25, 0.3) is 5.91 Å². The van der Waals surface area contributed by atoms with Gasteiger partial charge in [0.15, 0.2) is 5.82 Å². The van der Waals surface area contributed by atoms with E-state index in [9.17, 15) is 4.79 Å². The Hall–Kier alpha value is -3.38. The summed E-state index contributed by atoms with van der Waals surface area (Å²) in [6.45, 7) is 3.00. The molecule has 4 aromatic rings. The number of para-hydroxylation sites is 1. The van der Waals surface area contributed by atoms with Crippen molar-refractivity contribution in [3.05, 3.63) is 112 Å². The Bertz CT molecular complexity index is 1190. The summed E-state index contributed by atoms with van der Waals surface area (Å²) in [5.41, 5.74) is 3.61. The maximum absolute atomic E-state index is 12.8. The average Bonchev–Trinajstić information content (AvgIpc) is 3.12. The van der Waals surface area contributed by atoms with Gasteiger partial charge in [-0.05, 0) is 58.2 Å². The largest absolute Gasteiger partial charge is 0.488 e. The number of aryl methyl sites for hydroxylation is 1. The molecule has 4 rings (SSSR count). The van der Waals surface area contributed by atoms with Crippen molar-refractivity contribution in [2.45, 2.75) is 20.1 Å². The molecule has 1 heterocycles. The van der Waals surface area contributed by atoms with Gasteiger partial charge in [-0.1, -0.05) is 54.6 Å². The molecule has 156 valence electrons. The van der Waals surface area contributed by atoms with Crippen LogP contribution in [0.1, 0.15) is 27.2 Å². The summed E-state index contributed by atoms with van der Waals surface area (Å²) in [4.78, 5) is 12.8. The molecule has 0 spiro atoms. The highest BCUT2D eigenvalue weighted by Crippen LogP contribution is 2.25. The Morgan fingerprint density at radius 2 is 1.71 bits per heavy atom. The van der Waals surface area contributed by atoms with Crippen LogP contribution >= 0.6 is 15.9 Å². The van der Waals surface area contributed by atoms with Crippen molar-refractivity contribution in [1.29, 1.82) is 0 Å². The number of anilines is 1. The van der Waals surface area contributed by atoms with Crippen molar-refractivity contribution in [2.75, 3.05) is 5.32 Å². The molecule has 6 heteroatoms. The van der Waals surface area contributed by atoms with Crippen LogP contribution in [0.4, 0.5) is 5.82 Å². The SMILES string of the molecule is Cc1cc(NC(=O)c2cccc(COc3ccccc3Br)c2)nn1Cc1ccccc1. The van der Waals surface area contributed by atoms with Crippen molar-refractivity contribution in [3.8, 4) is 5.75 Å². The quantitative estimate of drug-likeness (QED) is 0.365. The number of rotatable bonds is 7. The van der Waals surface area contributed by atoms with E-state index in [2.05, 4.69) is 38.5 Å². The van der Waals surface area contributed by atoms with Crippen molar-refractivity contribution >= 4 is 27.7 Å². The van der Waals surface area contributed by atoms with Crippen LogP contribution in [0.3, 0.4) is 0 Å². The number of benzene rings is 3. The predicted octanol–water partition coefficient (Wildman–Crippen LogP) is 5.83. The molecule has 5 nitrogen and oxygen atoms in total. The third kappa shape index (κ3) is 5.41. The minimum absolute atomic E-state index is 0.202. The monoisotopic (exact) mass is 475 g/mol. The molecule has 0 saturated carbocycles. The Labute approximate surface area is 189 Å². The lowest BCUT2D eigenvalue weighted by atomic mass is 10.1. The molecule has 0 unspecified atom stereocenters. The number of aromatic nitrogens is 2. The summed E-state index contributed by atoms with van der Waals surface area (Å²) in [5.74, 6) is 1.09. The first-order chi connectivity index (χ1) is 15.1. The fourth-order valence-electron chi connectivity index (χ4n) is 3.20.